The van der Waals surface area contributed by atoms with Gasteiger partial charge in [-0.3, -0.25) is 4.79 Å². The molecule has 4 heteroatoms. The summed E-state index contributed by atoms with van der Waals surface area (Å²) in [7, 11) is 0. The maximum Gasteiger partial charge on any atom is 0.253 e. The normalized spacial score (nSPS) is 11.8. The van der Waals surface area contributed by atoms with Crippen molar-refractivity contribution in [3.8, 4) is 5.75 Å². The largest absolute Gasteiger partial charge is 0.508 e. The maximum absolute atomic E-state index is 12.3. The van der Waals surface area contributed by atoms with Gasteiger partial charge in [-0.05, 0) is 30.2 Å². The van der Waals surface area contributed by atoms with Gasteiger partial charge in [0.25, 0.3) is 5.91 Å². The van der Waals surface area contributed by atoms with Gasteiger partial charge in [0.05, 0.1) is 11.6 Å². The molecule has 4 N–H and O–H groups in total. The van der Waals surface area contributed by atoms with E-state index in [1.54, 1.807) is 0 Å². The Hall–Kier alpha value is -2.49. The number of benzene rings is 2. The molecule has 0 aromatic heterocycles. The van der Waals surface area contributed by atoms with Gasteiger partial charge >= 0.3 is 0 Å². The molecule has 2 aromatic carbocycles. The lowest BCUT2D eigenvalue weighted by molar-refractivity contribution is 0.0936. The van der Waals surface area contributed by atoms with E-state index >= 15 is 0 Å². The Labute approximate surface area is 118 Å². The second-order valence-corrected chi connectivity index (χ2v) is 4.62. The van der Waals surface area contributed by atoms with Crippen molar-refractivity contribution in [1.82, 2.24) is 5.32 Å². The van der Waals surface area contributed by atoms with Gasteiger partial charge in [0.2, 0.25) is 0 Å². The first-order chi connectivity index (χ1) is 9.61. The number of anilines is 1. The van der Waals surface area contributed by atoms with Crippen molar-refractivity contribution < 1.29 is 9.90 Å². The summed E-state index contributed by atoms with van der Waals surface area (Å²) in [5, 5.41) is 12.4. The smallest absolute Gasteiger partial charge is 0.253 e. The number of amides is 1. The fourth-order valence-electron chi connectivity index (χ4n) is 2.08. The van der Waals surface area contributed by atoms with E-state index in [4.69, 9.17) is 5.73 Å². The summed E-state index contributed by atoms with van der Waals surface area (Å²) >= 11 is 0. The molecule has 104 valence electrons. The van der Waals surface area contributed by atoms with Gasteiger partial charge < -0.3 is 16.2 Å². The van der Waals surface area contributed by atoms with Crippen molar-refractivity contribution in [1.29, 1.82) is 0 Å². The molecule has 0 aliphatic heterocycles. The monoisotopic (exact) mass is 270 g/mol. The lowest BCUT2D eigenvalue weighted by Crippen LogP contribution is -2.28. The summed E-state index contributed by atoms with van der Waals surface area (Å²) in [4.78, 5) is 12.3. The number of hydrogen-bond acceptors (Lipinski definition) is 3. The van der Waals surface area contributed by atoms with Crippen molar-refractivity contribution in [2.75, 3.05) is 5.73 Å². The quantitative estimate of drug-likeness (QED) is 0.590. The van der Waals surface area contributed by atoms with Gasteiger partial charge in [0.1, 0.15) is 5.75 Å². The van der Waals surface area contributed by atoms with E-state index in [-0.39, 0.29) is 17.7 Å². The summed E-state index contributed by atoms with van der Waals surface area (Å²) < 4.78 is 0. The first kappa shape index (κ1) is 13.9. The standard InChI is InChI=1S/C16H18N2O2/c1-2-15(11-6-4-3-5-7-11)18-16(20)13-10-12(19)8-9-14(13)17/h3-10,15,19H,2,17H2,1H3,(H,18,20). The lowest BCUT2D eigenvalue weighted by Gasteiger charge is -2.18. The summed E-state index contributed by atoms with van der Waals surface area (Å²) in [6.07, 6.45) is 0.772. The molecular weight excluding hydrogens is 252 g/mol. The number of carbonyl (C=O) groups is 1. The van der Waals surface area contributed by atoms with Crippen LogP contribution in [0.4, 0.5) is 5.69 Å². The van der Waals surface area contributed by atoms with Crippen LogP contribution >= 0.6 is 0 Å². The van der Waals surface area contributed by atoms with Crippen LogP contribution in [0.25, 0.3) is 0 Å². The Bertz CT molecular complexity index is 597. The molecule has 1 amide bonds. The van der Waals surface area contributed by atoms with Crippen molar-refractivity contribution >= 4 is 11.6 Å². The number of nitrogens with one attached hydrogen (secondary N) is 1. The Morgan fingerprint density at radius 3 is 2.60 bits per heavy atom. The summed E-state index contributed by atoms with van der Waals surface area (Å²) in [5.41, 5.74) is 7.46. The topological polar surface area (TPSA) is 75.3 Å². The predicted octanol–water partition coefficient (Wildman–Crippen LogP) is 2.86. The highest BCUT2D eigenvalue weighted by Gasteiger charge is 2.16. The highest BCUT2D eigenvalue weighted by atomic mass is 16.3. The molecule has 0 fully saturated rings. The molecule has 0 aliphatic carbocycles. The molecule has 0 spiro atoms. The molecule has 0 aliphatic rings. The van der Waals surface area contributed by atoms with Crippen LogP contribution in [0, 0.1) is 0 Å². The molecule has 2 rings (SSSR count). The first-order valence-corrected chi connectivity index (χ1v) is 6.56. The number of carbonyl (C=O) groups excluding carboxylic acids is 1. The Kier molecular flexibility index (Phi) is 4.25. The van der Waals surface area contributed by atoms with Crippen molar-refractivity contribution in [3.63, 3.8) is 0 Å². The van der Waals surface area contributed by atoms with Gasteiger partial charge in [-0.1, -0.05) is 37.3 Å². The summed E-state index contributed by atoms with van der Waals surface area (Å²) in [6.45, 7) is 2.00. The predicted molar refractivity (Wildman–Crippen MR) is 79.5 cm³/mol. The fraction of sp³-hybridized carbons (Fsp3) is 0.188. The van der Waals surface area contributed by atoms with Crippen LogP contribution in [0.15, 0.2) is 48.5 Å². The molecule has 1 unspecified atom stereocenters. The van der Waals surface area contributed by atoms with E-state index in [1.165, 1.54) is 18.2 Å². The van der Waals surface area contributed by atoms with Crippen LogP contribution < -0.4 is 11.1 Å². The van der Waals surface area contributed by atoms with Gasteiger partial charge in [-0.25, -0.2) is 0 Å². The number of nitrogens with two attached hydrogens (primary N) is 1. The molecule has 2 aromatic rings. The zero-order valence-corrected chi connectivity index (χ0v) is 11.3. The average Bonchev–Trinajstić information content (AvgIpc) is 2.48. The van der Waals surface area contributed by atoms with Gasteiger partial charge in [0.15, 0.2) is 0 Å². The van der Waals surface area contributed by atoms with Crippen LogP contribution in [-0.4, -0.2) is 11.0 Å². The van der Waals surface area contributed by atoms with E-state index in [1.807, 2.05) is 37.3 Å². The number of hydrogen-bond donors (Lipinski definition) is 3. The Morgan fingerprint density at radius 2 is 1.95 bits per heavy atom. The highest BCUT2D eigenvalue weighted by molar-refractivity contribution is 5.99. The minimum absolute atomic E-state index is 0.0251. The molecule has 0 saturated heterocycles. The van der Waals surface area contributed by atoms with Crippen LogP contribution in [0.1, 0.15) is 35.3 Å². The summed E-state index contributed by atoms with van der Waals surface area (Å²) in [5.74, 6) is -0.258. The molecular formula is C16H18N2O2. The van der Waals surface area contributed by atoms with E-state index in [9.17, 15) is 9.90 Å². The first-order valence-electron chi connectivity index (χ1n) is 6.56. The van der Waals surface area contributed by atoms with Crippen LogP contribution in [0.3, 0.4) is 0 Å². The molecule has 0 heterocycles. The van der Waals surface area contributed by atoms with E-state index in [0.717, 1.165) is 12.0 Å². The molecule has 0 radical (unpaired) electrons. The van der Waals surface area contributed by atoms with Crippen molar-refractivity contribution in [2.24, 2.45) is 0 Å². The second-order valence-electron chi connectivity index (χ2n) is 4.62. The maximum atomic E-state index is 12.3. The SMILES string of the molecule is CCC(NC(=O)c1cc(O)ccc1N)c1ccccc1. The minimum Gasteiger partial charge on any atom is -0.508 e. The Morgan fingerprint density at radius 1 is 1.25 bits per heavy atom. The number of rotatable bonds is 4. The average molecular weight is 270 g/mol. The minimum atomic E-state index is -0.283. The van der Waals surface area contributed by atoms with E-state index in [2.05, 4.69) is 5.32 Å². The zero-order valence-electron chi connectivity index (χ0n) is 11.3. The Balaban J connectivity index is 2.20. The summed E-state index contributed by atoms with van der Waals surface area (Å²) in [6, 6.07) is 14.0. The van der Waals surface area contributed by atoms with E-state index < -0.39 is 0 Å². The number of aromatic hydroxyl groups is 1. The van der Waals surface area contributed by atoms with E-state index in [0.29, 0.717) is 11.3 Å². The lowest BCUT2D eigenvalue weighted by atomic mass is 10.0. The van der Waals surface area contributed by atoms with Crippen molar-refractivity contribution in [2.45, 2.75) is 19.4 Å². The van der Waals surface area contributed by atoms with Crippen molar-refractivity contribution in [3.05, 3.63) is 59.7 Å². The molecule has 20 heavy (non-hydrogen) atoms. The third-order valence-electron chi connectivity index (χ3n) is 3.20. The zero-order chi connectivity index (χ0) is 14.5. The van der Waals surface area contributed by atoms with Gasteiger partial charge in [-0.2, -0.15) is 0 Å². The molecule has 1 atom stereocenters. The number of phenolic OH excluding ortho intramolecular Hbond substituents is 1. The molecule has 0 bridgehead atoms. The number of nitrogen functional groups attached to an aromatic ring is 1. The molecule has 0 saturated carbocycles. The number of phenols is 1. The molecule has 4 nitrogen and oxygen atoms in total. The van der Waals surface area contributed by atoms with Crippen LogP contribution in [-0.2, 0) is 0 Å². The highest BCUT2D eigenvalue weighted by Crippen LogP contribution is 2.21. The third-order valence-corrected chi connectivity index (χ3v) is 3.20. The van der Waals surface area contributed by atoms with Gasteiger partial charge in [0, 0.05) is 5.69 Å². The second kappa shape index (κ2) is 6.10. The fourth-order valence-corrected chi connectivity index (χ4v) is 2.08. The van der Waals surface area contributed by atoms with Crippen LogP contribution in [0.5, 0.6) is 5.75 Å². The van der Waals surface area contributed by atoms with Gasteiger partial charge in [-0.15, -0.1) is 0 Å². The third kappa shape index (κ3) is 3.09. The van der Waals surface area contributed by atoms with Crippen LogP contribution in [0.2, 0.25) is 0 Å².